The lowest BCUT2D eigenvalue weighted by atomic mass is 10.1. The molecule has 2 aromatic carbocycles. The molecule has 3 rings (SSSR count). The van der Waals surface area contributed by atoms with E-state index in [2.05, 4.69) is 4.98 Å². The zero-order valence-electron chi connectivity index (χ0n) is 12.3. The van der Waals surface area contributed by atoms with Gasteiger partial charge in [-0.15, -0.1) is 0 Å². The summed E-state index contributed by atoms with van der Waals surface area (Å²) in [4.78, 5) is 15.1. The topological polar surface area (TPSA) is 42.1 Å². The summed E-state index contributed by atoms with van der Waals surface area (Å²) in [6.45, 7) is 0.0885. The van der Waals surface area contributed by atoms with Crippen LogP contribution >= 0.6 is 23.2 Å². The van der Waals surface area contributed by atoms with Crippen LogP contribution in [0.5, 0.6) is 0 Å². The molecule has 0 fully saturated rings. The Kier molecular flexibility index (Phi) is 4.89. The Hall–Kier alpha value is -1.97. The number of ether oxygens (including phenoxy) is 1. The monoisotopic (exact) mass is 347 g/mol. The van der Waals surface area contributed by atoms with E-state index in [0.29, 0.717) is 28.5 Å². The van der Waals surface area contributed by atoms with Crippen LogP contribution in [0, 0.1) is 0 Å². The van der Waals surface area contributed by atoms with E-state index in [1.165, 1.54) is 0 Å². The fourth-order valence-electron chi connectivity index (χ4n) is 2.47. The molecule has 0 amide bonds. The number of esters is 1. The highest BCUT2D eigenvalue weighted by atomic mass is 35.5. The molecule has 3 nitrogen and oxygen atoms in total. The molecule has 0 aliphatic rings. The quantitative estimate of drug-likeness (QED) is 0.648. The summed E-state index contributed by atoms with van der Waals surface area (Å²) in [5.41, 5.74) is 2.81. The highest BCUT2D eigenvalue weighted by Crippen LogP contribution is 2.25. The molecule has 0 radical (unpaired) electrons. The number of hydrogen-bond acceptors (Lipinski definition) is 2. The largest absolute Gasteiger partial charge is 0.461 e. The second kappa shape index (κ2) is 7.07. The Balaban J connectivity index is 1.58. The molecule has 0 unspecified atom stereocenters. The average Bonchev–Trinajstić information content (AvgIpc) is 2.96. The molecule has 0 aliphatic carbocycles. The lowest BCUT2D eigenvalue weighted by Gasteiger charge is -2.08. The molecule has 1 heterocycles. The Bertz CT molecular complexity index is 822. The molecule has 0 bridgehead atoms. The van der Waals surface area contributed by atoms with E-state index in [-0.39, 0.29) is 12.6 Å². The summed E-state index contributed by atoms with van der Waals surface area (Å²) in [5.74, 6) is -0.272. The SMILES string of the molecule is O=C(CCc1c[nH]c2ccccc12)OCc1c(Cl)cccc1Cl. The van der Waals surface area contributed by atoms with Gasteiger partial charge in [0.2, 0.25) is 0 Å². The Labute approximate surface area is 144 Å². The molecule has 118 valence electrons. The third-order valence-electron chi connectivity index (χ3n) is 3.71. The van der Waals surface area contributed by atoms with Crippen LogP contribution in [-0.4, -0.2) is 11.0 Å². The van der Waals surface area contributed by atoms with Crippen LogP contribution in [0.25, 0.3) is 10.9 Å². The average molecular weight is 348 g/mol. The van der Waals surface area contributed by atoms with Gasteiger partial charge in [-0.1, -0.05) is 47.5 Å². The molecule has 0 spiro atoms. The number of nitrogens with one attached hydrogen (secondary N) is 1. The molecule has 0 aliphatic heterocycles. The number of benzene rings is 2. The van der Waals surface area contributed by atoms with Crippen LogP contribution < -0.4 is 0 Å². The molecule has 1 aromatic heterocycles. The van der Waals surface area contributed by atoms with Crippen LogP contribution in [0.2, 0.25) is 10.0 Å². The van der Waals surface area contributed by atoms with Gasteiger partial charge < -0.3 is 9.72 Å². The van der Waals surface area contributed by atoms with Gasteiger partial charge in [0, 0.05) is 39.1 Å². The minimum atomic E-state index is -0.272. The Morgan fingerprint density at radius 1 is 1.04 bits per heavy atom. The summed E-state index contributed by atoms with van der Waals surface area (Å²) in [6.07, 6.45) is 2.87. The maximum atomic E-state index is 12.0. The number of aromatic amines is 1. The van der Waals surface area contributed by atoms with Crippen molar-refractivity contribution in [2.24, 2.45) is 0 Å². The summed E-state index contributed by atoms with van der Waals surface area (Å²) < 4.78 is 5.28. The number of aromatic nitrogens is 1. The molecular weight excluding hydrogens is 333 g/mol. The van der Waals surface area contributed by atoms with Gasteiger partial charge in [-0.2, -0.15) is 0 Å². The van der Waals surface area contributed by atoms with Gasteiger partial charge in [0.25, 0.3) is 0 Å². The minimum Gasteiger partial charge on any atom is -0.461 e. The fraction of sp³-hybridized carbons (Fsp3) is 0.167. The first kappa shape index (κ1) is 15.9. The molecule has 5 heteroatoms. The predicted octanol–water partition coefficient (Wildman–Crippen LogP) is 5.15. The predicted molar refractivity (Wildman–Crippen MR) is 92.9 cm³/mol. The number of aryl methyl sites for hydroxylation is 1. The third-order valence-corrected chi connectivity index (χ3v) is 4.42. The number of carbonyl (C=O) groups is 1. The van der Waals surface area contributed by atoms with Crippen LogP contribution in [0.4, 0.5) is 0 Å². The molecule has 3 aromatic rings. The standard InChI is InChI=1S/C18H15Cl2NO2/c19-15-5-3-6-16(20)14(15)11-23-18(22)9-8-12-10-21-17-7-2-1-4-13(12)17/h1-7,10,21H,8-9,11H2. The van der Waals surface area contributed by atoms with E-state index >= 15 is 0 Å². The van der Waals surface area contributed by atoms with Gasteiger partial charge in [0.05, 0.1) is 0 Å². The second-order valence-corrected chi connectivity index (χ2v) is 6.03. The molecule has 23 heavy (non-hydrogen) atoms. The summed E-state index contributed by atoms with van der Waals surface area (Å²) in [5, 5.41) is 2.14. The first-order chi connectivity index (χ1) is 11.1. The Morgan fingerprint density at radius 3 is 2.57 bits per heavy atom. The number of rotatable bonds is 5. The van der Waals surface area contributed by atoms with Crippen LogP contribution in [0.15, 0.2) is 48.7 Å². The van der Waals surface area contributed by atoms with E-state index in [1.54, 1.807) is 18.2 Å². The van der Waals surface area contributed by atoms with Gasteiger partial charge in [0.1, 0.15) is 6.61 Å². The summed E-state index contributed by atoms with van der Waals surface area (Å²) >= 11 is 12.1. The van der Waals surface area contributed by atoms with E-state index in [4.69, 9.17) is 27.9 Å². The van der Waals surface area contributed by atoms with Gasteiger partial charge >= 0.3 is 5.97 Å². The van der Waals surface area contributed by atoms with E-state index < -0.39 is 0 Å². The normalized spacial score (nSPS) is 10.9. The first-order valence-electron chi connectivity index (χ1n) is 7.28. The minimum absolute atomic E-state index is 0.0885. The van der Waals surface area contributed by atoms with Crippen molar-refractivity contribution < 1.29 is 9.53 Å². The van der Waals surface area contributed by atoms with Crippen molar-refractivity contribution >= 4 is 40.1 Å². The van der Waals surface area contributed by atoms with Crippen molar-refractivity contribution in [1.82, 2.24) is 4.98 Å². The zero-order chi connectivity index (χ0) is 16.2. The van der Waals surface area contributed by atoms with E-state index in [0.717, 1.165) is 16.5 Å². The molecule has 1 N–H and O–H groups in total. The fourth-order valence-corrected chi connectivity index (χ4v) is 2.98. The van der Waals surface area contributed by atoms with Crippen LogP contribution in [0.3, 0.4) is 0 Å². The van der Waals surface area contributed by atoms with Crippen molar-refractivity contribution in [2.75, 3.05) is 0 Å². The van der Waals surface area contributed by atoms with Crippen molar-refractivity contribution in [3.05, 3.63) is 69.8 Å². The molecule has 0 saturated carbocycles. The van der Waals surface area contributed by atoms with Crippen LogP contribution in [0.1, 0.15) is 17.5 Å². The van der Waals surface area contributed by atoms with E-state index in [1.807, 2.05) is 30.5 Å². The Morgan fingerprint density at radius 2 is 1.78 bits per heavy atom. The maximum Gasteiger partial charge on any atom is 0.306 e. The number of fused-ring (bicyclic) bond motifs is 1. The van der Waals surface area contributed by atoms with Crippen LogP contribution in [-0.2, 0) is 22.6 Å². The maximum absolute atomic E-state index is 12.0. The van der Waals surface area contributed by atoms with Gasteiger partial charge in [-0.3, -0.25) is 4.79 Å². The van der Waals surface area contributed by atoms with Crippen molar-refractivity contribution in [3.63, 3.8) is 0 Å². The van der Waals surface area contributed by atoms with E-state index in [9.17, 15) is 4.79 Å². The van der Waals surface area contributed by atoms with Gasteiger partial charge in [-0.05, 0) is 30.2 Å². The van der Waals surface area contributed by atoms with Gasteiger partial charge in [-0.25, -0.2) is 0 Å². The zero-order valence-corrected chi connectivity index (χ0v) is 13.8. The number of hydrogen-bond donors (Lipinski definition) is 1. The summed E-state index contributed by atoms with van der Waals surface area (Å²) in [6, 6.07) is 13.2. The number of halogens is 2. The highest BCUT2D eigenvalue weighted by Gasteiger charge is 2.11. The third kappa shape index (κ3) is 3.69. The first-order valence-corrected chi connectivity index (χ1v) is 8.04. The lowest BCUT2D eigenvalue weighted by molar-refractivity contribution is -0.144. The van der Waals surface area contributed by atoms with Gasteiger partial charge in [0.15, 0.2) is 0 Å². The van der Waals surface area contributed by atoms with Crippen molar-refractivity contribution in [3.8, 4) is 0 Å². The smallest absolute Gasteiger partial charge is 0.306 e. The van der Waals surface area contributed by atoms with Crippen molar-refractivity contribution in [1.29, 1.82) is 0 Å². The number of carbonyl (C=O) groups excluding carboxylic acids is 1. The molecular formula is C18H15Cl2NO2. The van der Waals surface area contributed by atoms with Crippen molar-refractivity contribution in [2.45, 2.75) is 19.4 Å². The molecule has 0 atom stereocenters. The molecule has 0 saturated heterocycles. The number of H-pyrrole nitrogens is 1. The number of para-hydroxylation sites is 1. The summed E-state index contributed by atoms with van der Waals surface area (Å²) in [7, 11) is 0. The second-order valence-electron chi connectivity index (χ2n) is 5.22. The highest BCUT2D eigenvalue weighted by molar-refractivity contribution is 6.35. The lowest BCUT2D eigenvalue weighted by Crippen LogP contribution is -2.06.